The van der Waals surface area contributed by atoms with Crippen molar-refractivity contribution < 1.29 is 9.59 Å². The van der Waals surface area contributed by atoms with E-state index in [-0.39, 0.29) is 18.2 Å². The van der Waals surface area contributed by atoms with E-state index in [0.717, 1.165) is 29.1 Å². The summed E-state index contributed by atoms with van der Waals surface area (Å²) in [6.07, 6.45) is 1.61. The third kappa shape index (κ3) is 6.36. The third-order valence-electron chi connectivity index (χ3n) is 4.83. The van der Waals surface area contributed by atoms with Gasteiger partial charge in [0, 0.05) is 37.2 Å². The molecule has 2 aromatic carbocycles. The van der Waals surface area contributed by atoms with Gasteiger partial charge in [-0.15, -0.1) is 0 Å². The van der Waals surface area contributed by atoms with Crippen molar-refractivity contribution in [2.45, 2.75) is 46.2 Å². The maximum absolute atomic E-state index is 12.4. The molecule has 0 bridgehead atoms. The number of anilines is 1. The number of hydrogen-bond donors (Lipinski definition) is 3. The van der Waals surface area contributed by atoms with Crippen molar-refractivity contribution in [1.82, 2.24) is 20.1 Å². The van der Waals surface area contributed by atoms with Crippen molar-refractivity contribution >= 4 is 29.7 Å². The van der Waals surface area contributed by atoms with Crippen LogP contribution in [0.1, 0.15) is 37.3 Å². The van der Waals surface area contributed by atoms with Crippen LogP contribution in [0.5, 0.6) is 0 Å². The van der Waals surface area contributed by atoms with Gasteiger partial charge in [-0.2, -0.15) is 5.10 Å². The Balaban J connectivity index is 1.52. The fourth-order valence-electron chi connectivity index (χ4n) is 3.11. The van der Waals surface area contributed by atoms with E-state index in [1.165, 1.54) is 5.56 Å². The molecule has 0 saturated carbocycles. The Kier molecular flexibility index (Phi) is 7.72. The predicted octanol–water partition coefficient (Wildman–Crippen LogP) is 4.36. The zero-order chi connectivity index (χ0) is 22.2. The average Bonchev–Trinajstić information content (AvgIpc) is 3.13. The second-order valence-corrected chi connectivity index (χ2v) is 7.78. The summed E-state index contributed by atoms with van der Waals surface area (Å²) in [6.45, 7) is 4.85. The number of aromatic amines is 1. The Morgan fingerprint density at radius 1 is 1.03 bits per heavy atom. The largest absolute Gasteiger partial charge is 0.352 e. The van der Waals surface area contributed by atoms with Crippen molar-refractivity contribution in [2.24, 2.45) is 0 Å². The topological polar surface area (TPSA) is 91.8 Å². The van der Waals surface area contributed by atoms with Crippen LogP contribution in [-0.4, -0.2) is 26.6 Å². The standard InChI is InChI=1S/C23H27N5O2S/c1-3-4-21(30)25-19-11-7-17(8-12-19)15-24-20(29)13-14-28-22(26-27-23(28)31)18-9-5-16(2)6-10-18/h5-12H,3-4,13-15H2,1-2H3,(H,24,29)(H,25,30)(H,27,31). The van der Waals surface area contributed by atoms with E-state index < -0.39 is 0 Å². The molecule has 8 heteroatoms. The van der Waals surface area contributed by atoms with Crippen molar-refractivity contribution in [1.29, 1.82) is 0 Å². The van der Waals surface area contributed by atoms with Crippen LogP contribution in [0.15, 0.2) is 48.5 Å². The van der Waals surface area contributed by atoms with E-state index in [1.54, 1.807) is 0 Å². The molecule has 3 aromatic rings. The molecule has 0 fully saturated rings. The minimum atomic E-state index is -0.0710. The Morgan fingerprint density at radius 2 is 1.74 bits per heavy atom. The van der Waals surface area contributed by atoms with E-state index in [2.05, 4.69) is 20.8 Å². The van der Waals surface area contributed by atoms with Crippen LogP contribution in [0.4, 0.5) is 5.69 Å². The van der Waals surface area contributed by atoms with Gasteiger partial charge in [-0.1, -0.05) is 48.9 Å². The third-order valence-corrected chi connectivity index (χ3v) is 5.15. The first-order valence-electron chi connectivity index (χ1n) is 10.3. The van der Waals surface area contributed by atoms with Crippen LogP contribution in [0.2, 0.25) is 0 Å². The van der Waals surface area contributed by atoms with Gasteiger partial charge in [0.05, 0.1) is 0 Å². The molecule has 162 valence electrons. The summed E-state index contributed by atoms with van der Waals surface area (Å²) < 4.78 is 2.33. The number of benzene rings is 2. The molecule has 0 unspecified atom stereocenters. The predicted molar refractivity (Wildman–Crippen MR) is 124 cm³/mol. The van der Waals surface area contributed by atoms with Crippen molar-refractivity contribution in [3.8, 4) is 11.4 Å². The van der Waals surface area contributed by atoms with Crippen LogP contribution >= 0.6 is 12.2 Å². The van der Waals surface area contributed by atoms with Gasteiger partial charge in [0.2, 0.25) is 11.8 Å². The monoisotopic (exact) mass is 437 g/mol. The number of hydrogen-bond acceptors (Lipinski definition) is 4. The van der Waals surface area contributed by atoms with Crippen LogP contribution < -0.4 is 10.6 Å². The van der Waals surface area contributed by atoms with Gasteiger partial charge in [-0.25, -0.2) is 0 Å². The van der Waals surface area contributed by atoms with Gasteiger partial charge in [0.25, 0.3) is 0 Å². The van der Waals surface area contributed by atoms with Gasteiger partial charge in [0.15, 0.2) is 10.6 Å². The maximum atomic E-state index is 12.4. The molecule has 1 aromatic heterocycles. The summed E-state index contributed by atoms with van der Waals surface area (Å²) >= 11 is 5.33. The molecule has 0 saturated heterocycles. The zero-order valence-corrected chi connectivity index (χ0v) is 18.6. The molecule has 0 aliphatic rings. The first kappa shape index (κ1) is 22.4. The van der Waals surface area contributed by atoms with Gasteiger partial charge in [-0.05, 0) is 43.3 Å². The highest BCUT2D eigenvalue weighted by Gasteiger charge is 2.11. The molecule has 3 N–H and O–H groups in total. The number of nitrogens with one attached hydrogen (secondary N) is 3. The molecular weight excluding hydrogens is 410 g/mol. The molecule has 2 amide bonds. The van der Waals surface area contributed by atoms with Gasteiger partial charge >= 0.3 is 0 Å². The minimum Gasteiger partial charge on any atom is -0.352 e. The lowest BCUT2D eigenvalue weighted by Gasteiger charge is -2.09. The van der Waals surface area contributed by atoms with E-state index in [9.17, 15) is 9.59 Å². The molecule has 0 radical (unpaired) electrons. The number of amides is 2. The number of H-pyrrole nitrogens is 1. The summed E-state index contributed by atoms with van der Waals surface area (Å²) in [5.74, 6) is 0.656. The van der Waals surface area contributed by atoms with Crippen molar-refractivity contribution in [2.75, 3.05) is 5.32 Å². The van der Waals surface area contributed by atoms with Gasteiger partial charge in [0.1, 0.15) is 0 Å². The number of rotatable bonds is 9. The van der Waals surface area contributed by atoms with Crippen LogP contribution in [0.25, 0.3) is 11.4 Å². The van der Waals surface area contributed by atoms with Crippen LogP contribution in [0.3, 0.4) is 0 Å². The highest BCUT2D eigenvalue weighted by atomic mass is 32.1. The fraction of sp³-hybridized carbons (Fsp3) is 0.304. The Bertz CT molecular complexity index is 1080. The Morgan fingerprint density at radius 3 is 2.42 bits per heavy atom. The lowest BCUT2D eigenvalue weighted by molar-refractivity contribution is -0.121. The van der Waals surface area contributed by atoms with Crippen LogP contribution in [-0.2, 0) is 22.7 Å². The number of carbonyl (C=O) groups excluding carboxylic acids is 2. The molecule has 0 atom stereocenters. The second kappa shape index (κ2) is 10.7. The molecule has 1 heterocycles. The molecule has 31 heavy (non-hydrogen) atoms. The molecule has 0 spiro atoms. The summed E-state index contributed by atoms with van der Waals surface area (Å²) in [7, 11) is 0. The summed E-state index contributed by atoms with van der Waals surface area (Å²) in [4.78, 5) is 24.0. The average molecular weight is 438 g/mol. The van der Waals surface area contributed by atoms with E-state index in [0.29, 0.717) is 24.3 Å². The number of aryl methyl sites for hydroxylation is 1. The molecule has 0 aliphatic heterocycles. The zero-order valence-electron chi connectivity index (χ0n) is 17.8. The second-order valence-electron chi connectivity index (χ2n) is 7.39. The highest BCUT2D eigenvalue weighted by Crippen LogP contribution is 2.18. The smallest absolute Gasteiger partial charge is 0.224 e. The Labute approximate surface area is 186 Å². The molecule has 7 nitrogen and oxygen atoms in total. The van der Waals surface area contributed by atoms with E-state index in [4.69, 9.17) is 12.2 Å². The summed E-state index contributed by atoms with van der Waals surface area (Å²) in [5, 5.41) is 12.9. The van der Waals surface area contributed by atoms with Crippen molar-refractivity contribution in [3.63, 3.8) is 0 Å². The van der Waals surface area contributed by atoms with Crippen molar-refractivity contribution in [3.05, 3.63) is 64.4 Å². The quantitative estimate of drug-likeness (QED) is 0.434. The van der Waals surface area contributed by atoms with Gasteiger partial charge in [-0.3, -0.25) is 19.3 Å². The lowest BCUT2D eigenvalue weighted by atomic mass is 10.1. The maximum Gasteiger partial charge on any atom is 0.224 e. The van der Waals surface area contributed by atoms with E-state index >= 15 is 0 Å². The number of aromatic nitrogens is 3. The molecular formula is C23H27N5O2S. The Hall–Kier alpha value is -3.26. The lowest BCUT2D eigenvalue weighted by Crippen LogP contribution is -2.24. The number of nitrogens with zero attached hydrogens (tertiary/aromatic N) is 2. The van der Waals surface area contributed by atoms with Crippen LogP contribution in [0, 0.1) is 11.7 Å². The molecule has 3 rings (SSSR count). The first-order chi connectivity index (χ1) is 15.0. The summed E-state index contributed by atoms with van der Waals surface area (Å²) in [6, 6.07) is 15.5. The minimum absolute atomic E-state index is 0.00594. The molecule has 0 aliphatic carbocycles. The SMILES string of the molecule is CCCC(=O)Nc1ccc(CNC(=O)CCn2c(-c3ccc(C)cc3)n[nH]c2=S)cc1. The summed E-state index contributed by atoms with van der Waals surface area (Å²) in [5.41, 5.74) is 3.83. The first-order valence-corrected chi connectivity index (χ1v) is 10.7. The fourth-order valence-corrected chi connectivity index (χ4v) is 3.33. The number of carbonyl (C=O) groups is 2. The normalized spacial score (nSPS) is 10.6. The van der Waals surface area contributed by atoms with E-state index in [1.807, 2.05) is 66.9 Å². The highest BCUT2D eigenvalue weighted by molar-refractivity contribution is 7.71. The van der Waals surface area contributed by atoms with Gasteiger partial charge < -0.3 is 10.6 Å².